The summed E-state index contributed by atoms with van der Waals surface area (Å²) in [5.74, 6) is 3.08. The third kappa shape index (κ3) is 2.22. The van der Waals surface area contributed by atoms with Crippen LogP contribution < -0.4 is 4.74 Å². The molecule has 1 heterocycles. The van der Waals surface area contributed by atoms with Crippen molar-refractivity contribution in [3.8, 4) is 5.75 Å². The minimum Gasteiger partial charge on any atom is -0.497 e. The highest BCUT2D eigenvalue weighted by Gasteiger charge is 2.39. The second kappa shape index (κ2) is 5.15. The summed E-state index contributed by atoms with van der Waals surface area (Å²) in [5.41, 5.74) is 4.31. The lowest BCUT2D eigenvalue weighted by Crippen LogP contribution is -2.25. The largest absolute Gasteiger partial charge is 0.497 e. The van der Waals surface area contributed by atoms with Crippen molar-refractivity contribution in [3.63, 3.8) is 0 Å². The summed E-state index contributed by atoms with van der Waals surface area (Å²) in [5, 5.41) is 1.24. The van der Waals surface area contributed by atoms with Gasteiger partial charge in [0.15, 0.2) is 0 Å². The summed E-state index contributed by atoms with van der Waals surface area (Å²) in [4.78, 5) is 0. The van der Waals surface area contributed by atoms with Crippen LogP contribution in [-0.4, -0.2) is 7.11 Å². The van der Waals surface area contributed by atoms with Crippen molar-refractivity contribution in [2.24, 2.45) is 5.41 Å². The number of benzene rings is 1. The summed E-state index contributed by atoms with van der Waals surface area (Å²) in [6, 6.07) is 6.21. The normalized spacial score (nSPS) is 26.2. The van der Waals surface area contributed by atoms with E-state index in [2.05, 4.69) is 39.0 Å². The van der Waals surface area contributed by atoms with Crippen molar-refractivity contribution < 1.29 is 9.15 Å². The Morgan fingerprint density at radius 3 is 2.87 bits per heavy atom. The maximum absolute atomic E-state index is 6.41. The van der Waals surface area contributed by atoms with Crippen LogP contribution in [0.5, 0.6) is 5.75 Å². The second-order valence-corrected chi connectivity index (χ2v) is 7.87. The van der Waals surface area contributed by atoms with Crippen molar-refractivity contribution in [2.75, 3.05) is 7.11 Å². The van der Waals surface area contributed by atoms with E-state index < -0.39 is 0 Å². The fraction of sp³-hybridized carbons (Fsp3) is 0.524. The summed E-state index contributed by atoms with van der Waals surface area (Å²) in [7, 11) is 1.73. The molecule has 1 fully saturated rings. The van der Waals surface area contributed by atoms with E-state index in [4.69, 9.17) is 9.15 Å². The molecule has 0 radical (unpaired) electrons. The van der Waals surface area contributed by atoms with Crippen molar-refractivity contribution in [3.05, 3.63) is 41.2 Å². The predicted octanol–water partition coefficient (Wildman–Crippen LogP) is 6.17. The van der Waals surface area contributed by atoms with E-state index in [-0.39, 0.29) is 0 Å². The number of hydrogen-bond acceptors (Lipinski definition) is 2. The van der Waals surface area contributed by atoms with Gasteiger partial charge in [-0.25, -0.2) is 0 Å². The van der Waals surface area contributed by atoms with Crippen LogP contribution in [0.25, 0.3) is 11.0 Å². The minimum absolute atomic E-state index is 0.293. The van der Waals surface area contributed by atoms with E-state index >= 15 is 0 Å². The molecule has 0 N–H and O–H groups in total. The number of hydrogen-bond donors (Lipinski definition) is 0. The summed E-state index contributed by atoms with van der Waals surface area (Å²) in [6.45, 7) is 7.12. The zero-order chi connectivity index (χ0) is 16.2. The number of rotatable bonds is 1. The molecule has 1 aromatic heterocycles. The first-order valence-corrected chi connectivity index (χ1v) is 8.82. The van der Waals surface area contributed by atoms with Gasteiger partial charge in [0, 0.05) is 16.9 Å². The first-order valence-electron chi connectivity index (χ1n) is 8.82. The molecule has 0 bridgehead atoms. The van der Waals surface area contributed by atoms with Crippen LogP contribution in [0.3, 0.4) is 0 Å². The zero-order valence-corrected chi connectivity index (χ0v) is 14.6. The predicted molar refractivity (Wildman–Crippen MR) is 94.3 cm³/mol. The van der Waals surface area contributed by atoms with Crippen LogP contribution in [0, 0.1) is 5.41 Å². The first-order chi connectivity index (χ1) is 11.0. The van der Waals surface area contributed by atoms with Gasteiger partial charge in [-0.2, -0.15) is 0 Å². The molecule has 2 aliphatic carbocycles. The van der Waals surface area contributed by atoms with Crippen LogP contribution >= 0.6 is 0 Å². The van der Waals surface area contributed by atoms with Crippen LogP contribution in [0.1, 0.15) is 69.6 Å². The van der Waals surface area contributed by atoms with E-state index in [0.717, 1.165) is 17.8 Å². The van der Waals surface area contributed by atoms with Gasteiger partial charge in [-0.1, -0.05) is 38.8 Å². The van der Waals surface area contributed by atoms with Gasteiger partial charge in [0.2, 0.25) is 0 Å². The second-order valence-electron chi connectivity index (χ2n) is 7.87. The van der Waals surface area contributed by atoms with Crippen molar-refractivity contribution in [2.45, 2.75) is 58.3 Å². The molecule has 2 nitrogen and oxygen atoms in total. The van der Waals surface area contributed by atoms with E-state index in [1.807, 2.05) is 6.07 Å². The fourth-order valence-corrected chi connectivity index (χ4v) is 4.64. The highest BCUT2D eigenvalue weighted by atomic mass is 16.5. The summed E-state index contributed by atoms with van der Waals surface area (Å²) < 4.78 is 11.8. The topological polar surface area (TPSA) is 22.4 Å². The van der Waals surface area contributed by atoms with E-state index in [0.29, 0.717) is 17.3 Å². The van der Waals surface area contributed by atoms with Gasteiger partial charge in [0.05, 0.1) is 7.11 Å². The van der Waals surface area contributed by atoms with Gasteiger partial charge in [-0.15, -0.1) is 0 Å². The summed E-state index contributed by atoms with van der Waals surface area (Å²) >= 11 is 0. The molecule has 1 aromatic carbocycles. The van der Waals surface area contributed by atoms with Crippen molar-refractivity contribution >= 4 is 11.0 Å². The Hall–Kier alpha value is -1.70. The number of ether oxygens (including phenoxy) is 1. The molecule has 122 valence electrons. The van der Waals surface area contributed by atoms with Crippen molar-refractivity contribution in [1.82, 2.24) is 0 Å². The lowest BCUT2D eigenvalue weighted by atomic mass is 9.67. The molecule has 2 aliphatic rings. The lowest BCUT2D eigenvalue weighted by Gasteiger charge is -2.38. The van der Waals surface area contributed by atoms with Crippen molar-refractivity contribution in [1.29, 1.82) is 0 Å². The van der Waals surface area contributed by atoms with E-state index in [1.165, 1.54) is 36.0 Å². The number of allylic oxidation sites excluding steroid dienone is 2. The highest BCUT2D eigenvalue weighted by molar-refractivity contribution is 5.85. The number of methoxy groups -OCH3 is 1. The number of fused-ring (bicyclic) bond motifs is 5. The molecular formula is C21H26O2. The third-order valence-electron chi connectivity index (χ3n) is 5.91. The molecular weight excluding hydrogens is 284 g/mol. The van der Waals surface area contributed by atoms with Gasteiger partial charge in [-0.3, -0.25) is 0 Å². The Balaban J connectivity index is 1.94. The molecule has 0 amide bonds. The van der Waals surface area contributed by atoms with Crippen LogP contribution in [-0.2, 0) is 0 Å². The Morgan fingerprint density at radius 2 is 2.09 bits per heavy atom. The molecule has 2 heteroatoms. The zero-order valence-electron chi connectivity index (χ0n) is 14.6. The molecule has 0 saturated heterocycles. The molecule has 4 rings (SSSR count). The third-order valence-corrected chi connectivity index (χ3v) is 5.91. The molecule has 1 saturated carbocycles. The van der Waals surface area contributed by atoms with E-state index in [9.17, 15) is 0 Å². The number of furan rings is 1. The summed E-state index contributed by atoms with van der Waals surface area (Å²) in [6.07, 6.45) is 7.40. The Bertz CT molecular complexity index is 778. The van der Waals surface area contributed by atoms with E-state index in [1.54, 1.807) is 12.7 Å². The molecule has 2 atom stereocenters. The lowest BCUT2D eigenvalue weighted by molar-refractivity contribution is 0.298. The molecule has 0 unspecified atom stereocenters. The maximum Gasteiger partial charge on any atom is 0.134 e. The quantitative estimate of drug-likeness (QED) is 0.588. The van der Waals surface area contributed by atoms with Crippen LogP contribution in [0.2, 0.25) is 0 Å². The Kier molecular flexibility index (Phi) is 3.33. The van der Waals surface area contributed by atoms with Gasteiger partial charge in [0.25, 0.3) is 0 Å². The first kappa shape index (κ1) is 14.9. The average Bonchev–Trinajstić information content (AvgIpc) is 2.83. The fourth-order valence-electron chi connectivity index (χ4n) is 4.64. The standard InChI is InChI=1S/C21H26O2/c1-13-7-9-17-15(6-5-11-21(17,2)3)20-19(13)16-12-14(22-4)8-10-18(16)23-20/h8-10,12-13,15H,5-7,11H2,1-4H3/t13-,15+/m0/s1. The van der Waals surface area contributed by atoms with Crippen LogP contribution in [0.15, 0.2) is 34.3 Å². The molecule has 0 aliphatic heterocycles. The molecule has 2 aromatic rings. The molecule has 23 heavy (non-hydrogen) atoms. The Labute approximate surface area is 138 Å². The molecule has 0 spiro atoms. The Morgan fingerprint density at radius 1 is 1.26 bits per heavy atom. The smallest absolute Gasteiger partial charge is 0.134 e. The van der Waals surface area contributed by atoms with Gasteiger partial charge < -0.3 is 9.15 Å². The van der Waals surface area contributed by atoms with Crippen LogP contribution in [0.4, 0.5) is 0 Å². The SMILES string of the molecule is COc1ccc2oc3c(c2c1)[C@@H](C)CC=C1[C@H]3CCCC1(C)C. The minimum atomic E-state index is 0.293. The van der Waals surface area contributed by atoms with Gasteiger partial charge in [-0.05, 0) is 48.8 Å². The van der Waals surface area contributed by atoms with Gasteiger partial charge >= 0.3 is 0 Å². The maximum atomic E-state index is 6.41. The monoisotopic (exact) mass is 310 g/mol. The average molecular weight is 310 g/mol. The highest BCUT2D eigenvalue weighted by Crippen LogP contribution is 2.53. The van der Waals surface area contributed by atoms with Gasteiger partial charge in [0.1, 0.15) is 17.1 Å².